The highest BCUT2D eigenvalue weighted by Crippen LogP contribution is 2.30. The third-order valence-corrected chi connectivity index (χ3v) is 5.06. The fourth-order valence-electron chi connectivity index (χ4n) is 2.13. The van der Waals surface area contributed by atoms with Crippen LogP contribution in [0.1, 0.15) is 38.8 Å². The van der Waals surface area contributed by atoms with Gasteiger partial charge >= 0.3 is 0 Å². The molecule has 0 aliphatic carbocycles. The number of nitrogens with one attached hydrogen (secondary N) is 1. The number of aliphatic hydroxyl groups is 1. The fourth-order valence-corrected chi connectivity index (χ4v) is 3.50. The molecule has 1 rings (SSSR count). The average molecular weight is 281 g/mol. The smallest absolute Gasteiger partial charge is 0.0464 e. The number of aliphatic hydroxyl groups excluding tert-OH is 1. The van der Waals surface area contributed by atoms with E-state index in [1.807, 2.05) is 11.8 Å². The van der Waals surface area contributed by atoms with E-state index >= 15 is 0 Å². The first-order valence-electron chi connectivity index (χ1n) is 7.23. The summed E-state index contributed by atoms with van der Waals surface area (Å²) >= 11 is 1.97. The number of benzene rings is 1. The molecule has 3 heteroatoms. The zero-order valence-electron chi connectivity index (χ0n) is 12.3. The van der Waals surface area contributed by atoms with Crippen LogP contribution in [0.15, 0.2) is 30.3 Å². The van der Waals surface area contributed by atoms with Gasteiger partial charge in [0, 0.05) is 17.9 Å². The Hall–Kier alpha value is -0.510. The molecule has 108 valence electrons. The molecule has 1 aromatic rings. The molecule has 2 N–H and O–H groups in total. The van der Waals surface area contributed by atoms with Gasteiger partial charge in [0.15, 0.2) is 0 Å². The van der Waals surface area contributed by atoms with E-state index < -0.39 is 0 Å². The second-order valence-electron chi connectivity index (χ2n) is 5.01. The summed E-state index contributed by atoms with van der Waals surface area (Å²) in [5.41, 5.74) is 1.36. The first kappa shape index (κ1) is 16.5. The zero-order chi connectivity index (χ0) is 14.1. The van der Waals surface area contributed by atoms with Crippen LogP contribution < -0.4 is 5.32 Å². The summed E-state index contributed by atoms with van der Waals surface area (Å²) in [7, 11) is 0. The first-order valence-corrected chi connectivity index (χ1v) is 8.28. The van der Waals surface area contributed by atoms with Gasteiger partial charge < -0.3 is 10.4 Å². The van der Waals surface area contributed by atoms with E-state index in [9.17, 15) is 0 Å². The minimum absolute atomic E-state index is 0.278. The Kier molecular flexibility index (Phi) is 8.19. The van der Waals surface area contributed by atoms with Gasteiger partial charge in [-0.15, -0.1) is 0 Å². The lowest BCUT2D eigenvalue weighted by Crippen LogP contribution is -2.30. The van der Waals surface area contributed by atoms with Crippen molar-refractivity contribution >= 4 is 11.8 Å². The monoisotopic (exact) mass is 281 g/mol. The molecule has 0 bridgehead atoms. The standard InChI is InChI=1S/C16H27NOS/c1-4-15(19-12-13(3)11-18)16(17-5-2)14-9-7-6-8-10-14/h6-10,13,15-18H,4-5,11-12H2,1-3H3. The van der Waals surface area contributed by atoms with Gasteiger partial charge in [-0.05, 0) is 30.2 Å². The number of rotatable bonds is 9. The van der Waals surface area contributed by atoms with Crippen LogP contribution >= 0.6 is 11.8 Å². The van der Waals surface area contributed by atoms with E-state index in [4.69, 9.17) is 5.11 Å². The van der Waals surface area contributed by atoms with Crippen molar-refractivity contribution in [1.82, 2.24) is 5.32 Å². The maximum atomic E-state index is 9.15. The van der Waals surface area contributed by atoms with Crippen LogP contribution in [0.2, 0.25) is 0 Å². The SMILES string of the molecule is CCNC(c1ccccc1)C(CC)SCC(C)CO. The average Bonchev–Trinajstić information content (AvgIpc) is 2.47. The summed E-state index contributed by atoms with van der Waals surface area (Å²) in [6.45, 7) is 7.76. The molecule has 1 aromatic carbocycles. The number of thioether (sulfide) groups is 1. The van der Waals surface area contributed by atoms with Crippen molar-refractivity contribution in [3.05, 3.63) is 35.9 Å². The molecule has 3 unspecified atom stereocenters. The molecule has 0 heterocycles. The van der Waals surface area contributed by atoms with Gasteiger partial charge in [0.1, 0.15) is 0 Å². The van der Waals surface area contributed by atoms with Crippen LogP contribution in [-0.2, 0) is 0 Å². The summed E-state index contributed by atoms with van der Waals surface area (Å²) in [4.78, 5) is 0. The molecule has 0 aromatic heterocycles. The Balaban J connectivity index is 2.71. The van der Waals surface area contributed by atoms with Crippen molar-refractivity contribution in [2.45, 2.75) is 38.5 Å². The molecule has 0 aliphatic heterocycles. The third-order valence-electron chi connectivity index (χ3n) is 3.26. The molecule has 0 aliphatic rings. The summed E-state index contributed by atoms with van der Waals surface area (Å²) in [5, 5.41) is 13.3. The van der Waals surface area contributed by atoms with Gasteiger partial charge in [-0.2, -0.15) is 11.8 Å². The van der Waals surface area contributed by atoms with E-state index in [1.165, 1.54) is 5.56 Å². The molecule has 0 spiro atoms. The molecule has 0 saturated carbocycles. The molecule has 0 amide bonds. The summed E-state index contributed by atoms with van der Waals surface area (Å²) in [6, 6.07) is 11.1. The van der Waals surface area contributed by atoms with Crippen molar-refractivity contribution in [1.29, 1.82) is 0 Å². The van der Waals surface area contributed by atoms with Crippen molar-refractivity contribution < 1.29 is 5.11 Å². The molecular weight excluding hydrogens is 254 g/mol. The van der Waals surface area contributed by atoms with Crippen molar-refractivity contribution in [3.8, 4) is 0 Å². The Morgan fingerprint density at radius 2 is 1.89 bits per heavy atom. The lowest BCUT2D eigenvalue weighted by atomic mass is 10.0. The maximum Gasteiger partial charge on any atom is 0.0464 e. The topological polar surface area (TPSA) is 32.3 Å². The van der Waals surface area contributed by atoms with Crippen LogP contribution in [0.25, 0.3) is 0 Å². The van der Waals surface area contributed by atoms with E-state index in [0.29, 0.717) is 17.2 Å². The van der Waals surface area contributed by atoms with E-state index in [0.717, 1.165) is 18.7 Å². The molecule has 0 radical (unpaired) electrons. The van der Waals surface area contributed by atoms with Gasteiger partial charge in [0.05, 0.1) is 0 Å². The quantitative estimate of drug-likeness (QED) is 0.727. The Morgan fingerprint density at radius 3 is 2.42 bits per heavy atom. The molecule has 19 heavy (non-hydrogen) atoms. The molecule has 2 nitrogen and oxygen atoms in total. The number of hydrogen-bond donors (Lipinski definition) is 2. The first-order chi connectivity index (χ1) is 9.22. The zero-order valence-corrected chi connectivity index (χ0v) is 13.1. The Morgan fingerprint density at radius 1 is 1.21 bits per heavy atom. The lowest BCUT2D eigenvalue weighted by molar-refractivity contribution is 0.250. The van der Waals surface area contributed by atoms with E-state index in [-0.39, 0.29) is 6.61 Å². The highest BCUT2D eigenvalue weighted by atomic mass is 32.2. The van der Waals surface area contributed by atoms with Crippen LogP contribution in [0.4, 0.5) is 0 Å². The normalized spacial score (nSPS) is 16.0. The van der Waals surface area contributed by atoms with Crippen molar-refractivity contribution in [2.75, 3.05) is 18.9 Å². The van der Waals surface area contributed by atoms with Gasteiger partial charge in [0.2, 0.25) is 0 Å². The molecular formula is C16H27NOS. The molecule has 0 fully saturated rings. The van der Waals surface area contributed by atoms with Crippen LogP contribution in [-0.4, -0.2) is 29.3 Å². The van der Waals surface area contributed by atoms with E-state index in [1.54, 1.807) is 0 Å². The van der Waals surface area contributed by atoms with Gasteiger partial charge in [-0.1, -0.05) is 51.1 Å². The Labute approximate surface area is 122 Å². The van der Waals surface area contributed by atoms with Gasteiger partial charge in [-0.3, -0.25) is 0 Å². The van der Waals surface area contributed by atoms with E-state index in [2.05, 4.69) is 56.4 Å². The third kappa shape index (κ3) is 5.55. The van der Waals surface area contributed by atoms with Crippen LogP contribution in [0, 0.1) is 5.92 Å². The van der Waals surface area contributed by atoms with Gasteiger partial charge in [0.25, 0.3) is 0 Å². The highest BCUT2D eigenvalue weighted by Gasteiger charge is 2.21. The minimum Gasteiger partial charge on any atom is -0.396 e. The maximum absolute atomic E-state index is 9.15. The summed E-state index contributed by atoms with van der Waals surface area (Å²) in [5.74, 6) is 1.39. The number of hydrogen-bond acceptors (Lipinski definition) is 3. The molecule has 3 atom stereocenters. The predicted octanol–water partition coefficient (Wildman–Crippen LogP) is 3.48. The second kappa shape index (κ2) is 9.40. The molecule has 0 saturated heterocycles. The minimum atomic E-state index is 0.278. The highest BCUT2D eigenvalue weighted by molar-refractivity contribution is 7.99. The van der Waals surface area contributed by atoms with Crippen LogP contribution in [0.3, 0.4) is 0 Å². The van der Waals surface area contributed by atoms with Gasteiger partial charge in [-0.25, -0.2) is 0 Å². The predicted molar refractivity (Wildman–Crippen MR) is 85.6 cm³/mol. The van der Waals surface area contributed by atoms with Crippen LogP contribution in [0.5, 0.6) is 0 Å². The fraction of sp³-hybridized carbons (Fsp3) is 0.625. The summed E-state index contributed by atoms with van der Waals surface area (Å²) in [6.07, 6.45) is 1.13. The van der Waals surface area contributed by atoms with Crippen molar-refractivity contribution in [2.24, 2.45) is 5.92 Å². The van der Waals surface area contributed by atoms with Crippen molar-refractivity contribution in [3.63, 3.8) is 0 Å². The largest absolute Gasteiger partial charge is 0.396 e. The summed E-state index contributed by atoms with van der Waals surface area (Å²) < 4.78 is 0. The second-order valence-corrected chi connectivity index (χ2v) is 6.29. The Bertz CT molecular complexity index is 331. The lowest BCUT2D eigenvalue weighted by Gasteiger charge is -2.28.